The first-order valence-corrected chi connectivity index (χ1v) is 10.4. The Kier molecular flexibility index (Phi) is 7.78. The molecule has 0 N–H and O–H groups in total. The fourth-order valence-electron chi connectivity index (χ4n) is 3.50. The van der Waals surface area contributed by atoms with Gasteiger partial charge >= 0.3 is 0 Å². The highest BCUT2D eigenvalue weighted by Gasteiger charge is 2.05. The quantitative estimate of drug-likeness (QED) is 0.477. The Morgan fingerprint density at radius 3 is 1.46 bits per heavy atom. The molecule has 2 aromatic rings. The lowest BCUT2D eigenvalue weighted by Gasteiger charge is -2.13. The Hall–Kier alpha value is -2.48. The number of rotatable bonds is 0. The SMILES string of the molecule is C/C1=C\CCc2ccccc2OCC/C(C)=C/CCc2ccccc2OCC1. The van der Waals surface area contributed by atoms with E-state index in [0.717, 1.165) is 63.2 Å². The van der Waals surface area contributed by atoms with Crippen LogP contribution < -0.4 is 9.47 Å². The minimum Gasteiger partial charge on any atom is -0.493 e. The van der Waals surface area contributed by atoms with Gasteiger partial charge in [-0.2, -0.15) is 0 Å². The van der Waals surface area contributed by atoms with Crippen LogP contribution in [-0.4, -0.2) is 13.2 Å². The summed E-state index contributed by atoms with van der Waals surface area (Å²) >= 11 is 0. The molecule has 1 aliphatic rings. The molecule has 0 atom stereocenters. The van der Waals surface area contributed by atoms with E-state index < -0.39 is 0 Å². The highest BCUT2D eigenvalue weighted by molar-refractivity contribution is 5.34. The molecule has 1 heterocycles. The number of hydrogen-bond acceptors (Lipinski definition) is 2. The van der Waals surface area contributed by atoms with Crippen molar-refractivity contribution in [3.05, 3.63) is 83.0 Å². The number of benzene rings is 2. The van der Waals surface area contributed by atoms with Crippen molar-refractivity contribution in [1.29, 1.82) is 0 Å². The lowest BCUT2D eigenvalue weighted by atomic mass is 10.1. The van der Waals surface area contributed by atoms with Crippen LogP contribution >= 0.6 is 0 Å². The normalized spacial score (nSPS) is 20.5. The fraction of sp³-hybridized carbons (Fsp3) is 0.385. The van der Waals surface area contributed by atoms with E-state index in [0.29, 0.717) is 0 Å². The van der Waals surface area contributed by atoms with Gasteiger partial charge in [0, 0.05) is 12.8 Å². The minimum atomic E-state index is 0.730. The topological polar surface area (TPSA) is 18.5 Å². The summed E-state index contributed by atoms with van der Waals surface area (Å²) in [5.41, 5.74) is 5.35. The number of aryl methyl sites for hydroxylation is 2. The van der Waals surface area contributed by atoms with E-state index in [2.05, 4.69) is 74.5 Å². The Bertz CT molecular complexity index is 747. The second-order valence-corrected chi connectivity index (χ2v) is 7.59. The summed E-state index contributed by atoms with van der Waals surface area (Å²) in [7, 11) is 0. The zero-order chi connectivity index (χ0) is 19.6. The third kappa shape index (κ3) is 6.30. The molecule has 0 aromatic heterocycles. The third-order valence-electron chi connectivity index (χ3n) is 5.27. The van der Waals surface area contributed by atoms with E-state index >= 15 is 0 Å². The molecule has 1 aliphatic heterocycles. The Labute approximate surface area is 169 Å². The van der Waals surface area contributed by atoms with E-state index in [4.69, 9.17) is 9.47 Å². The highest BCUT2D eigenvalue weighted by Crippen LogP contribution is 2.23. The molecule has 2 aromatic carbocycles. The van der Waals surface area contributed by atoms with E-state index in [-0.39, 0.29) is 0 Å². The van der Waals surface area contributed by atoms with E-state index in [1.807, 2.05) is 0 Å². The van der Waals surface area contributed by atoms with Crippen molar-refractivity contribution < 1.29 is 9.47 Å². The Balaban J connectivity index is 1.73. The van der Waals surface area contributed by atoms with Gasteiger partial charge in [-0.05, 0) is 62.8 Å². The van der Waals surface area contributed by atoms with Crippen molar-refractivity contribution >= 4 is 0 Å². The van der Waals surface area contributed by atoms with Crippen molar-refractivity contribution in [2.75, 3.05) is 13.2 Å². The zero-order valence-electron chi connectivity index (χ0n) is 17.2. The molecule has 0 saturated carbocycles. The second-order valence-electron chi connectivity index (χ2n) is 7.59. The van der Waals surface area contributed by atoms with Crippen LogP contribution in [0.5, 0.6) is 11.5 Å². The van der Waals surface area contributed by atoms with Crippen LogP contribution in [0.2, 0.25) is 0 Å². The van der Waals surface area contributed by atoms with Gasteiger partial charge in [0.1, 0.15) is 11.5 Å². The average molecular weight is 377 g/mol. The summed E-state index contributed by atoms with van der Waals surface area (Å²) in [6.07, 6.45) is 10.7. The minimum absolute atomic E-state index is 0.730. The summed E-state index contributed by atoms with van der Waals surface area (Å²) in [5.74, 6) is 2.06. The van der Waals surface area contributed by atoms with Crippen LogP contribution in [-0.2, 0) is 12.8 Å². The molecule has 0 spiro atoms. The van der Waals surface area contributed by atoms with E-state index in [1.54, 1.807) is 0 Å². The Morgan fingerprint density at radius 1 is 0.571 bits per heavy atom. The van der Waals surface area contributed by atoms with E-state index in [9.17, 15) is 0 Å². The van der Waals surface area contributed by atoms with Gasteiger partial charge < -0.3 is 9.47 Å². The summed E-state index contributed by atoms with van der Waals surface area (Å²) < 4.78 is 12.2. The molecular weight excluding hydrogens is 344 g/mol. The molecule has 2 heteroatoms. The monoisotopic (exact) mass is 376 g/mol. The van der Waals surface area contributed by atoms with Gasteiger partial charge in [0.25, 0.3) is 0 Å². The van der Waals surface area contributed by atoms with Gasteiger partial charge in [-0.15, -0.1) is 0 Å². The van der Waals surface area contributed by atoms with Gasteiger partial charge in [0.05, 0.1) is 13.2 Å². The van der Waals surface area contributed by atoms with Crippen molar-refractivity contribution in [3.63, 3.8) is 0 Å². The van der Waals surface area contributed by atoms with Crippen molar-refractivity contribution in [2.45, 2.75) is 52.4 Å². The number of para-hydroxylation sites is 2. The molecule has 0 aliphatic carbocycles. The van der Waals surface area contributed by atoms with Crippen molar-refractivity contribution in [2.24, 2.45) is 0 Å². The number of ether oxygens (including phenoxy) is 2. The largest absolute Gasteiger partial charge is 0.493 e. The van der Waals surface area contributed by atoms with Crippen molar-refractivity contribution in [3.8, 4) is 11.5 Å². The number of hydrogen-bond donors (Lipinski definition) is 0. The molecule has 0 saturated heterocycles. The third-order valence-corrected chi connectivity index (χ3v) is 5.27. The molecule has 148 valence electrons. The van der Waals surface area contributed by atoms with Crippen LogP contribution in [0, 0.1) is 0 Å². The standard InChI is InChI=1S/C26H32O2/c1-21-9-7-13-23-11-3-6-16-26(23)28-20-18-22(2)10-8-14-24-12-4-5-15-25(24)27-19-17-21/h3-6,9-12,15-16H,7-8,13-14,17-20H2,1-2H3/b21-9+,22-10+. The first-order valence-electron chi connectivity index (χ1n) is 10.4. The number of fused-ring (bicyclic) bond motifs is 2. The lowest BCUT2D eigenvalue weighted by molar-refractivity contribution is 0.316. The second kappa shape index (κ2) is 10.8. The molecule has 2 nitrogen and oxygen atoms in total. The van der Waals surface area contributed by atoms with Crippen LogP contribution in [0.25, 0.3) is 0 Å². The first kappa shape index (κ1) is 20.3. The maximum absolute atomic E-state index is 6.11. The molecule has 0 unspecified atom stereocenters. The number of allylic oxidation sites excluding steroid dienone is 2. The van der Waals surface area contributed by atoms with Gasteiger partial charge in [-0.1, -0.05) is 59.7 Å². The van der Waals surface area contributed by atoms with Gasteiger partial charge in [-0.3, -0.25) is 0 Å². The first-order chi connectivity index (χ1) is 13.7. The van der Waals surface area contributed by atoms with Crippen LogP contribution in [0.1, 0.15) is 50.7 Å². The highest BCUT2D eigenvalue weighted by atomic mass is 16.5. The Morgan fingerprint density at radius 2 is 1.00 bits per heavy atom. The molecule has 0 amide bonds. The molecule has 0 radical (unpaired) electrons. The zero-order valence-corrected chi connectivity index (χ0v) is 17.2. The van der Waals surface area contributed by atoms with Crippen LogP contribution in [0.3, 0.4) is 0 Å². The summed E-state index contributed by atoms with van der Waals surface area (Å²) in [6.45, 7) is 5.86. The molecular formula is C26H32O2. The molecule has 0 bridgehead atoms. The fourth-order valence-corrected chi connectivity index (χ4v) is 3.50. The smallest absolute Gasteiger partial charge is 0.122 e. The van der Waals surface area contributed by atoms with Crippen LogP contribution in [0.15, 0.2) is 71.8 Å². The van der Waals surface area contributed by atoms with Gasteiger partial charge in [0.15, 0.2) is 0 Å². The lowest BCUT2D eigenvalue weighted by Crippen LogP contribution is -2.02. The van der Waals surface area contributed by atoms with Crippen molar-refractivity contribution in [1.82, 2.24) is 0 Å². The van der Waals surface area contributed by atoms with Gasteiger partial charge in [-0.25, -0.2) is 0 Å². The predicted octanol–water partition coefficient (Wildman–Crippen LogP) is 6.70. The maximum Gasteiger partial charge on any atom is 0.122 e. The molecule has 28 heavy (non-hydrogen) atoms. The summed E-state index contributed by atoms with van der Waals surface area (Å²) in [5, 5.41) is 0. The average Bonchev–Trinajstić information content (AvgIpc) is 2.70. The summed E-state index contributed by atoms with van der Waals surface area (Å²) in [4.78, 5) is 0. The maximum atomic E-state index is 6.11. The van der Waals surface area contributed by atoms with E-state index in [1.165, 1.54) is 22.3 Å². The van der Waals surface area contributed by atoms with Crippen LogP contribution in [0.4, 0.5) is 0 Å². The molecule has 0 fully saturated rings. The molecule has 3 rings (SSSR count). The predicted molar refractivity (Wildman–Crippen MR) is 117 cm³/mol. The van der Waals surface area contributed by atoms with Gasteiger partial charge in [0.2, 0.25) is 0 Å². The summed E-state index contributed by atoms with van der Waals surface area (Å²) in [6, 6.07) is 16.9.